The van der Waals surface area contributed by atoms with Crippen molar-refractivity contribution in [1.29, 1.82) is 0 Å². The summed E-state index contributed by atoms with van der Waals surface area (Å²) in [5.41, 5.74) is 2.15. The third-order valence-electron chi connectivity index (χ3n) is 2.06. The van der Waals surface area contributed by atoms with Crippen LogP contribution >= 0.6 is 24.2 Å². The predicted molar refractivity (Wildman–Crippen MR) is 64.1 cm³/mol. The highest BCUT2D eigenvalue weighted by atomic mass is 35.5. The van der Waals surface area contributed by atoms with Crippen LogP contribution in [0.2, 0.25) is 5.02 Å². The van der Waals surface area contributed by atoms with Gasteiger partial charge in [-0.1, -0.05) is 54.1 Å². The van der Waals surface area contributed by atoms with E-state index in [9.17, 15) is 0 Å². The molecule has 0 saturated carbocycles. The maximum absolute atomic E-state index is 6.15. The van der Waals surface area contributed by atoms with Crippen LogP contribution in [0.3, 0.4) is 0 Å². The minimum Gasteiger partial charge on any atom is -0.142 e. The molecule has 0 amide bonds. The number of thiol groups is 1. The van der Waals surface area contributed by atoms with E-state index in [4.69, 9.17) is 11.6 Å². The Kier molecular flexibility index (Phi) is 2.80. The molecule has 2 aromatic carbocycles. The Balaban J connectivity index is 2.58. The first-order valence-corrected chi connectivity index (χ1v) is 5.14. The summed E-state index contributed by atoms with van der Waals surface area (Å²) in [6.07, 6.45) is 0. The largest absolute Gasteiger partial charge is 0.142 e. The summed E-state index contributed by atoms with van der Waals surface area (Å²) >= 11 is 10.4. The van der Waals surface area contributed by atoms with Crippen LogP contribution in [-0.4, -0.2) is 0 Å². The zero-order chi connectivity index (χ0) is 9.97. The van der Waals surface area contributed by atoms with Crippen molar-refractivity contribution in [2.75, 3.05) is 0 Å². The fourth-order valence-corrected chi connectivity index (χ4v) is 1.80. The molecule has 0 N–H and O–H groups in total. The van der Waals surface area contributed by atoms with Crippen molar-refractivity contribution >= 4 is 24.2 Å². The van der Waals surface area contributed by atoms with E-state index in [2.05, 4.69) is 12.6 Å². The summed E-state index contributed by atoms with van der Waals surface area (Å²) in [5, 5.41) is 0.710. The summed E-state index contributed by atoms with van der Waals surface area (Å²) in [5.74, 6) is 0. The zero-order valence-corrected chi connectivity index (χ0v) is 9.09. The third kappa shape index (κ3) is 1.79. The van der Waals surface area contributed by atoms with E-state index < -0.39 is 0 Å². The lowest BCUT2D eigenvalue weighted by Gasteiger charge is -2.05. The molecular weight excluding hydrogens is 212 g/mol. The summed E-state index contributed by atoms with van der Waals surface area (Å²) in [4.78, 5) is 0.813. The van der Waals surface area contributed by atoms with Gasteiger partial charge in [-0.2, -0.15) is 0 Å². The summed E-state index contributed by atoms with van der Waals surface area (Å²) < 4.78 is 0. The molecule has 0 aromatic heterocycles. The van der Waals surface area contributed by atoms with Crippen LogP contribution < -0.4 is 0 Å². The van der Waals surface area contributed by atoms with Crippen LogP contribution in [0.4, 0.5) is 0 Å². The van der Waals surface area contributed by atoms with Crippen molar-refractivity contribution < 1.29 is 0 Å². The average Bonchev–Trinajstić information content (AvgIpc) is 2.23. The van der Waals surface area contributed by atoms with Crippen molar-refractivity contribution in [2.24, 2.45) is 0 Å². The molecule has 2 rings (SSSR count). The van der Waals surface area contributed by atoms with E-state index in [1.807, 2.05) is 48.5 Å². The van der Waals surface area contributed by atoms with Gasteiger partial charge in [0, 0.05) is 10.5 Å². The topological polar surface area (TPSA) is 0 Å². The van der Waals surface area contributed by atoms with E-state index in [1.165, 1.54) is 0 Å². The van der Waals surface area contributed by atoms with Gasteiger partial charge in [0.25, 0.3) is 0 Å². The van der Waals surface area contributed by atoms with Crippen molar-refractivity contribution in [3.63, 3.8) is 0 Å². The Labute approximate surface area is 93.9 Å². The van der Waals surface area contributed by atoms with E-state index in [0.29, 0.717) is 5.02 Å². The first kappa shape index (κ1) is 9.63. The number of hydrogen-bond donors (Lipinski definition) is 1. The second kappa shape index (κ2) is 4.07. The molecule has 0 radical (unpaired) electrons. The first-order valence-electron chi connectivity index (χ1n) is 4.32. The van der Waals surface area contributed by atoms with Gasteiger partial charge in [0.15, 0.2) is 0 Å². The number of halogens is 1. The lowest BCUT2D eigenvalue weighted by molar-refractivity contribution is 1.46. The zero-order valence-electron chi connectivity index (χ0n) is 7.44. The lowest BCUT2D eigenvalue weighted by atomic mass is 10.1. The summed E-state index contributed by atoms with van der Waals surface area (Å²) in [6.45, 7) is 0. The lowest BCUT2D eigenvalue weighted by Crippen LogP contribution is -1.79. The summed E-state index contributed by atoms with van der Waals surface area (Å²) in [7, 11) is 0. The molecule has 0 spiro atoms. The predicted octanol–water partition coefficient (Wildman–Crippen LogP) is 4.30. The molecule has 0 atom stereocenters. The molecule has 0 aliphatic rings. The molecule has 0 saturated heterocycles. The maximum Gasteiger partial charge on any atom is 0.0617 e. The Morgan fingerprint density at radius 2 is 1.57 bits per heavy atom. The molecule has 0 nitrogen and oxygen atoms in total. The standard InChI is InChI=1S/C12H9ClS/c13-12-10(7-4-8-11(12)14)9-5-2-1-3-6-9/h1-8,14H. The van der Waals surface area contributed by atoms with E-state index in [0.717, 1.165) is 16.0 Å². The van der Waals surface area contributed by atoms with Crippen LogP contribution in [0.5, 0.6) is 0 Å². The van der Waals surface area contributed by atoms with E-state index >= 15 is 0 Å². The highest BCUT2D eigenvalue weighted by Gasteiger charge is 2.04. The smallest absolute Gasteiger partial charge is 0.0617 e. The van der Waals surface area contributed by atoms with Crippen LogP contribution in [0.15, 0.2) is 53.4 Å². The molecule has 0 aliphatic heterocycles. The Morgan fingerprint density at radius 1 is 0.857 bits per heavy atom. The SMILES string of the molecule is Sc1cccc(-c2ccccc2)c1Cl. The van der Waals surface area contributed by atoms with Gasteiger partial charge < -0.3 is 0 Å². The molecule has 0 aliphatic carbocycles. The van der Waals surface area contributed by atoms with Gasteiger partial charge in [0.05, 0.1) is 5.02 Å². The summed E-state index contributed by atoms with van der Waals surface area (Å²) in [6, 6.07) is 15.9. The molecule has 2 aromatic rings. The van der Waals surface area contributed by atoms with Crippen LogP contribution in [0, 0.1) is 0 Å². The van der Waals surface area contributed by atoms with Crippen LogP contribution in [-0.2, 0) is 0 Å². The van der Waals surface area contributed by atoms with E-state index in [-0.39, 0.29) is 0 Å². The number of benzene rings is 2. The molecule has 0 unspecified atom stereocenters. The average molecular weight is 221 g/mol. The number of hydrogen-bond acceptors (Lipinski definition) is 1. The Bertz CT molecular complexity index is 437. The van der Waals surface area contributed by atoms with Crippen molar-refractivity contribution in [1.82, 2.24) is 0 Å². The van der Waals surface area contributed by atoms with Crippen LogP contribution in [0.25, 0.3) is 11.1 Å². The normalized spacial score (nSPS) is 10.1. The Morgan fingerprint density at radius 3 is 2.29 bits per heavy atom. The monoisotopic (exact) mass is 220 g/mol. The maximum atomic E-state index is 6.15. The van der Waals surface area contributed by atoms with Gasteiger partial charge in [-0.15, -0.1) is 12.6 Å². The van der Waals surface area contributed by atoms with Gasteiger partial charge in [-0.3, -0.25) is 0 Å². The highest BCUT2D eigenvalue weighted by Crippen LogP contribution is 2.31. The van der Waals surface area contributed by atoms with Gasteiger partial charge >= 0.3 is 0 Å². The molecule has 14 heavy (non-hydrogen) atoms. The minimum absolute atomic E-state index is 0.710. The quantitative estimate of drug-likeness (QED) is 0.681. The molecule has 70 valence electrons. The number of rotatable bonds is 1. The van der Waals surface area contributed by atoms with E-state index in [1.54, 1.807) is 0 Å². The van der Waals surface area contributed by atoms with Gasteiger partial charge in [0.2, 0.25) is 0 Å². The van der Waals surface area contributed by atoms with Crippen molar-refractivity contribution in [3.05, 3.63) is 53.6 Å². The molecule has 2 heteroatoms. The third-order valence-corrected chi connectivity index (χ3v) is 2.97. The van der Waals surface area contributed by atoms with Crippen molar-refractivity contribution in [3.8, 4) is 11.1 Å². The molecule has 0 heterocycles. The fraction of sp³-hybridized carbons (Fsp3) is 0. The second-order valence-electron chi connectivity index (χ2n) is 3.00. The first-order chi connectivity index (χ1) is 6.79. The second-order valence-corrected chi connectivity index (χ2v) is 3.86. The minimum atomic E-state index is 0.710. The van der Waals surface area contributed by atoms with Gasteiger partial charge in [0.1, 0.15) is 0 Å². The van der Waals surface area contributed by atoms with Gasteiger partial charge in [-0.05, 0) is 11.6 Å². The molecular formula is C12H9ClS. The fourth-order valence-electron chi connectivity index (χ4n) is 1.36. The Hall–Kier alpha value is -0.920. The molecule has 0 bridgehead atoms. The van der Waals surface area contributed by atoms with Crippen LogP contribution in [0.1, 0.15) is 0 Å². The molecule has 0 fully saturated rings. The van der Waals surface area contributed by atoms with Crippen molar-refractivity contribution in [2.45, 2.75) is 4.90 Å². The van der Waals surface area contributed by atoms with Gasteiger partial charge in [-0.25, -0.2) is 0 Å². The highest BCUT2D eigenvalue weighted by molar-refractivity contribution is 7.80.